The van der Waals surface area contributed by atoms with E-state index in [2.05, 4.69) is 6.07 Å². The van der Waals surface area contributed by atoms with Crippen molar-refractivity contribution in [2.45, 2.75) is 12.4 Å². The third-order valence-electron chi connectivity index (χ3n) is 4.30. The van der Waals surface area contributed by atoms with Gasteiger partial charge in [-0.05, 0) is 40.5 Å². The third-order valence-corrected chi connectivity index (χ3v) is 5.16. The molecule has 0 saturated carbocycles. The Morgan fingerprint density at radius 2 is 1.55 bits per heavy atom. The van der Waals surface area contributed by atoms with Crippen LogP contribution in [-0.2, 0) is 26.9 Å². The molecule has 5 nitrogen and oxygen atoms in total. The highest BCUT2D eigenvalue weighted by Crippen LogP contribution is 2.23. The van der Waals surface area contributed by atoms with E-state index >= 15 is 0 Å². The van der Waals surface area contributed by atoms with E-state index in [9.17, 15) is 18.5 Å². The first kappa shape index (κ1) is 20.3. The fourth-order valence-corrected chi connectivity index (χ4v) is 3.68. The molecule has 0 spiro atoms. The maximum Gasteiger partial charge on any atom is 0.338 e. The van der Waals surface area contributed by atoms with Crippen molar-refractivity contribution >= 4 is 15.8 Å². The molecule has 0 atom stereocenters. The minimum absolute atomic E-state index is 0.0659. The van der Waals surface area contributed by atoms with Gasteiger partial charge in [0.25, 0.3) is 0 Å². The van der Waals surface area contributed by atoms with Crippen molar-refractivity contribution in [1.29, 1.82) is 5.26 Å². The molecule has 6 heteroatoms. The predicted molar refractivity (Wildman–Crippen MR) is 111 cm³/mol. The van der Waals surface area contributed by atoms with Gasteiger partial charge in [0.05, 0.1) is 22.9 Å². The molecule has 0 fully saturated rings. The van der Waals surface area contributed by atoms with Gasteiger partial charge in [-0.25, -0.2) is 13.2 Å². The quantitative estimate of drug-likeness (QED) is 0.576. The van der Waals surface area contributed by atoms with Crippen LogP contribution >= 0.6 is 0 Å². The van der Waals surface area contributed by atoms with E-state index in [4.69, 9.17) is 4.74 Å². The first-order valence-electron chi connectivity index (χ1n) is 8.88. The minimum atomic E-state index is -3.12. The van der Waals surface area contributed by atoms with Crippen molar-refractivity contribution < 1.29 is 17.9 Å². The lowest BCUT2D eigenvalue weighted by Crippen LogP contribution is -2.06. The first-order valence-corrected chi connectivity index (χ1v) is 10.9. The van der Waals surface area contributed by atoms with E-state index in [-0.39, 0.29) is 12.4 Å². The Labute approximate surface area is 170 Å². The van der Waals surface area contributed by atoms with Crippen molar-refractivity contribution in [1.82, 2.24) is 0 Å². The predicted octanol–water partition coefficient (Wildman–Crippen LogP) is 4.13. The molecule has 29 heavy (non-hydrogen) atoms. The molecule has 3 aromatic rings. The van der Waals surface area contributed by atoms with Gasteiger partial charge in [-0.3, -0.25) is 0 Å². The van der Waals surface area contributed by atoms with Gasteiger partial charge in [0.15, 0.2) is 9.84 Å². The molecule has 3 aromatic carbocycles. The lowest BCUT2D eigenvalue weighted by atomic mass is 9.99. The standard InChI is InChI=1S/C23H19NO4S/c1-29(26,27)16-18-8-12-20(13-9-18)23(25)28-15-17-6-10-19(11-7-17)22-5-3-2-4-21(22)14-24/h2-13H,15-16H2,1H3. The summed E-state index contributed by atoms with van der Waals surface area (Å²) in [6.45, 7) is 0.115. The SMILES string of the molecule is CS(=O)(=O)Cc1ccc(C(=O)OCc2ccc(-c3ccccc3C#N)cc2)cc1. The lowest BCUT2D eigenvalue weighted by Gasteiger charge is -2.08. The summed E-state index contributed by atoms with van der Waals surface area (Å²) in [5.74, 6) is -0.543. The fraction of sp³-hybridized carbons (Fsp3) is 0.130. The number of hydrogen-bond donors (Lipinski definition) is 0. The van der Waals surface area contributed by atoms with Crippen LogP contribution in [0.4, 0.5) is 0 Å². The lowest BCUT2D eigenvalue weighted by molar-refractivity contribution is 0.0472. The molecule has 0 N–H and O–H groups in total. The van der Waals surface area contributed by atoms with Gasteiger partial charge in [-0.1, -0.05) is 54.6 Å². The number of hydrogen-bond acceptors (Lipinski definition) is 5. The average Bonchev–Trinajstić information content (AvgIpc) is 2.72. The number of nitrogens with zero attached hydrogens (tertiary/aromatic N) is 1. The highest BCUT2D eigenvalue weighted by Gasteiger charge is 2.10. The van der Waals surface area contributed by atoms with Crippen LogP contribution in [0.1, 0.15) is 27.0 Å². The maximum atomic E-state index is 12.2. The Morgan fingerprint density at radius 1 is 0.931 bits per heavy atom. The molecule has 0 aliphatic rings. The van der Waals surface area contributed by atoms with Crippen molar-refractivity contribution in [2.75, 3.05) is 6.26 Å². The number of rotatable bonds is 6. The molecule has 0 aromatic heterocycles. The molecule has 0 aliphatic heterocycles. The second-order valence-electron chi connectivity index (χ2n) is 6.70. The van der Waals surface area contributed by atoms with Gasteiger partial charge in [-0.2, -0.15) is 5.26 Å². The van der Waals surface area contributed by atoms with E-state index in [1.54, 1.807) is 30.3 Å². The molecular weight excluding hydrogens is 386 g/mol. The molecular formula is C23H19NO4S. The van der Waals surface area contributed by atoms with Crippen LogP contribution in [0.5, 0.6) is 0 Å². The topological polar surface area (TPSA) is 84.2 Å². The monoisotopic (exact) mass is 405 g/mol. The third kappa shape index (κ3) is 5.53. The number of carbonyl (C=O) groups excluding carboxylic acids is 1. The molecule has 3 rings (SSSR count). The van der Waals surface area contributed by atoms with Crippen LogP contribution < -0.4 is 0 Å². The van der Waals surface area contributed by atoms with Crippen LogP contribution in [0.15, 0.2) is 72.8 Å². The summed E-state index contributed by atoms with van der Waals surface area (Å²) >= 11 is 0. The van der Waals surface area contributed by atoms with Gasteiger partial charge in [-0.15, -0.1) is 0 Å². The van der Waals surface area contributed by atoms with Crippen molar-refractivity contribution in [3.8, 4) is 17.2 Å². The van der Waals surface area contributed by atoms with Crippen LogP contribution in [0.3, 0.4) is 0 Å². The smallest absolute Gasteiger partial charge is 0.338 e. The Hall–Kier alpha value is -3.43. The Balaban J connectivity index is 1.63. The van der Waals surface area contributed by atoms with E-state index < -0.39 is 15.8 Å². The zero-order chi connectivity index (χ0) is 20.9. The maximum absolute atomic E-state index is 12.2. The number of benzene rings is 3. The molecule has 0 saturated heterocycles. The van der Waals surface area contributed by atoms with Crippen LogP contribution in [0.25, 0.3) is 11.1 Å². The molecule has 0 heterocycles. The minimum Gasteiger partial charge on any atom is -0.457 e. The second-order valence-corrected chi connectivity index (χ2v) is 8.84. The second kappa shape index (κ2) is 8.72. The summed E-state index contributed by atoms with van der Waals surface area (Å²) in [7, 11) is -3.12. The van der Waals surface area contributed by atoms with Gasteiger partial charge >= 0.3 is 5.97 Å². The molecule has 0 bridgehead atoms. The van der Waals surface area contributed by atoms with Crippen molar-refractivity contribution in [3.63, 3.8) is 0 Å². The summed E-state index contributed by atoms with van der Waals surface area (Å²) in [5, 5.41) is 9.22. The molecule has 0 aliphatic carbocycles. The highest BCUT2D eigenvalue weighted by molar-refractivity contribution is 7.89. The summed E-state index contributed by atoms with van der Waals surface area (Å²) in [6.07, 6.45) is 1.17. The number of carbonyl (C=O) groups is 1. The van der Waals surface area contributed by atoms with E-state index in [1.807, 2.05) is 42.5 Å². The molecule has 146 valence electrons. The molecule has 0 radical (unpaired) electrons. The zero-order valence-corrected chi connectivity index (χ0v) is 16.6. The Morgan fingerprint density at radius 3 is 2.17 bits per heavy atom. The van der Waals surface area contributed by atoms with Gasteiger partial charge < -0.3 is 4.74 Å². The van der Waals surface area contributed by atoms with Crippen molar-refractivity contribution in [2.24, 2.45) is 0 Å². The molecule has 0 unspecified atom stereocenters. The van der Waals surface area contributed by atoms with E-state index in [0.29, 0.717) is 16.7 Å². The van der Waals surface area contributed by atoms with Crippen LogP contribution in [0, 0.1) is 11.3 Å². The zero-order valence-electron chi connectivity index (χ0n) is 15.8. The Kier molecular flexibility index (Phi) is 6.10. The summed E-state index contributed by atoms with van der Waals surface area (Å²) in [5.41, 5.74) is 4.18. The van der Waals surface area contributed by atoms with Gasteiger partial charge in [0.2, 0.25) is 0 Å². The number of ether oxygens (including phenoxy) is 1. The normalized spacial score (nSPS) is 10.9. The van der Waals surface area contributed by atoms with E-state index in [0.717, 1.165) is 16.7 Å². The summed E-state index contributed by atoms with van der Waals surface area (Å²) < 4.78 is 28.0. The van der Waals surface area contributed by atoms with Crippen LogP contribution in [0.2, 0.25) is 0 Å². The number of sulfone groups is 1. The van der Waals surface area contributed by atoms with Crippen LogP contribution in [-0.4, -0.2) is 20.6 Å². The van der Waals surface area contributed by atoms with Gasteiger partial charge in [0.1, 0.15) is 6.61 Å². The average molecular weight is 405 g/mol. The molecule has 0 amide bonds. The number of esters is 1. The summed E-state index contributed by atoms with van der Waals surface area (Å²) in [4.78, 5) is 12.2. The van der Waals surface area contributed by atoms with Crippen molar-refractivity contribution in [3.05, 3.63) is 95.1 Å². The van der Waals surface area contributed by atoms with Gasteiger partial charge in [0, 0.05) is 6.26 Å². The highest BCUT2D eigenvalue weighted by atomic mass is 32.2. The largest absolute Gasteiger partial charge is 0.457 e. The summed E-state index contributed by atoms with van der Waals surface area (Å²) in [6, 6.07) is 23.4. The first-order chi connectivity index (χ1) is 13.9. The fourth-order valence-electron chi connectivity index (χ4n) is 2.88. The Bertz CT molecular complexity index is 1160. The number of nitriles is 1. The van der Waals surface area contributed by atoms with E-state index in [1.165, 1.54) is 6.26 Å².